The van der Waals surface area contributed by atoms with Crippen LogP contribution >= 0.6 is 11.6 Å². The van der Waals surface area contributed by atoms with Crippen LogP contribution in [0.25, 0.3) is 0 Å². The quantitative estimate of drug-likeness (QED) is 0.902. The van der Waals surface area contributed by atoms with E-state index < -0.39 is 17.8 Å². The number of benzene rings is 1. The molecule has 4 nitrogen and oxygen atoms in total. The molecule has 22 heavy (non-hydrogen) atoms. The molecule has 0 bridgehead atoms. The van der Waals surface area contributed by atoms with Gasteiger partial charge in [-0.1, -0.05) is 23.7 Å². The molecule has 0 radical (unpaired) electrons. The van der Waals surface area contributed by atoms with E-state index in [1.54, 1.807) is 0 Å². The number of amides is 1. The van der Waals surface area contributed by atoms with E-state index in [0.717, 1.165) is 17.7 Å². The van der Waals surface area contributed by atoms with E-state index in [-0.39, 0.29) is 23.0 Å². The molecule has 0 aliphatic heterocycles. The number of carboxylic acid groups (broad SMARTS) is 1. The van der Waals surface area contributed by atoms with Gasteiger partial charge in [0.1, 0.15) is 11.9 Å². The van der Waals surface area contributed by atoms with E-state index in [4.69, 9.17) is 11.6 Å². The summed E-state index contributed by atoms with van der Waals surface area (Å²) in [5.74, 6) is -2.06. The zero-order valence-electron chi connectivity index (χ0n) is 12.2. The Kier molecular flexibility index (Phi) is 5.19. The van der Waals surface area contributed by atoms with Crippen LogP contribution in [0.2, 0.25) is 5.02 Å². The lowest BCUT2D eigenvalue weighted by molar-refractivity contribution is -0.148. The highest BCUT2D eigenvalue weighted by atomic mass is 35.5. The molecule has 1 atom stereocenters. The van der Waals surface area contributed by atoms with Crippen molar-refractivity contribution in [3.8, 4) is 0 Å². The van der Waals surface area contributed by atoms with Crippen LogP contribution in [-0.2, 0) is 16.1 Å². The highest BCUT2D eigenvalue weighted by Crippen LogP contribution is 2.25. The number of rotatable bonds is 5. The zero-order chi connectivity index (χ0) is 16.3. The first-order valence-electron chi connectivity index (χ1n) is 7.07. The Morgan fingerprint density at radius 1 is 1.45 bits per heavy atom. The van der Waals surface area contributed by atoms with Gasteiger partial charge in [0.15, 0.2) is 0 Å². The fourth-order valence-electron chi connectivity index (χ4n) is 2.42. The first-order valence-corrected chi connectivity index (χ1v) is 7.45. The molecule has 1 N–H and O–H groups in total. The maximum absolute atomic E-state index is 13.9. The Morgan fingerprint density at radius 3 is 2.73 bits per heavy atom. The number of halogens is 2. The number of hydrogen-bond acceptors (Lipinski definition) is 2. The van der Waals surface area contributed by atoms with E-state index in [1.807, 2.05) is 6.08 Å². The summed E-state index contributed by atoms with van der Waals surface area (Å²) in [5.41, 5.74) is 0.713. The van der Waals surface area contributed by atoms with Crippen LogP contribution in [0, 0.1) is 5.82 Å². The predicted molar refractivity (Wildman–Crippen MR) is 81.0 cm³/mol. The molecule has 0 saturated carbocycles. The number of carbonyl (C=O) groups excluding carboxylic acids is 1. The topological polar surface area (TPSA) is 57.6 Å². The Balaban J connectivity index is 2.32. The summed E-state index contributed by atoms with van der Waals surface area (Å²) in [4.78, 5) is 25.0. The SMILES string of the molecule is CC(C(=O)O)N(Cc1c(F)cccc1Cl)C(=O)C1=CCCC1. The minimum absolute atomic E-state index is 0.129. The monoisotopic (exact) mass is 325 g/mol. The fraction of sp³-hybridized carbons (Fsp3) is 0.375. The van der Waals surface area contributed by atoms with Crippen LogP contribution in [0.1, 0.15) is 31.7 Å². The third-order valence-corrected chi connectivity index (χ3v) is 4.15. The van der Waals surface area contributed by atoms with E-state index in [0.29, 0.717) is 12.0 Å². The highest BCUT2D eigenvalue weighted by Gasteiger charge is 2.29. The minimum atomic E-state index is -1.14. The summed E-state index contributed by atoms with van der Waals surface area (Å²) in [5, 5.41) is 9.40. The number of carbonyl (C=O) groups is 2. The third-order valence-electron chi connectivity index (χ3n) is 3.79. The van der Waals surface area contributed by atoms with Crippen LogP contribution in [0.3, 0.4) is 0 Å². The lowest BCUT2D eigenvalue weighted by Crippen LogP contribution is -2.43. The van der Waals surface area contributed by atoms with Gasteiger partial charge >= 0.3 is 5.97 Å². The number of aliphatic carboxylic acids is 1. The second-order valence-corrected chi connectivity index (χ2v) is 5.68. The fourth-order valence-corrected chi connectivity index (χ4v) is 2.64. The first-order chi connectivity index (χ1) is 10.4. The van der Waals surface area contributed by atoms with Gasteiger partial charge < -0.3 is 10.0 Å². The van der Waals surface area contributed by atoms with Gasteiger partial charge in [0.05, 0.1) is 6.54 Å². The molecule has 0 aromatic heterocycles. The van der Waals surface area contributed by atoms with Crippen molar-refractivity contribution in [2.45, 2.75) is 38.8 Å². The van der Waals surface area contributed by atoms with Crippen molar-refractivity contribution in [1.82, 2.24) is 4.90 Å². The lowest BCUT2D eigenvalue weighted by atomic mass is 10.1. The largest absolute Gasteiger partial charge is 0.480 e. The van der Waals surface area contributed by atoms with Crippen LogP contribution in [0.4, 0.5) is 4.39 Å². The normalized spacial score (nSPS) is 15.3. The van der Waals surface area contributed by atoms with Crippen LogP contribution in [-0.4, -0.2) is 27.9 Å². The van der Waals surface area contributed by atoms with Gasteiger partial charge in [0.2, 0.25) is 5.91 Å². The van der Waals surface area contributed by atoms with Crippen molar-refractivity contribution in [3.63, 3.8) is 0 Å². The number of carboxylic acids is 1. The summed E-state index contributed by atoms with van der Waals surface area (Å²) in [6, 6.07) is 3.16. The summed E-state index contributed by atoms with van der Waals surface area (Å²) in [7, 11) is 0. The van der Waals surface area contributed by atoms with Gasteiger partial charge in [-0.15, -0.1) is 0 Å². The molecule has 6 heteroatoms. The molecule has 2 rings (SSSR count). The van der Waals surface area contributed by atoms with E-state index in [2.05, 4.69) is 0 Å². The van der Waals surface area contributed by atoms with Gasteiger partial charge in [0, 0.05) is 16.2 Å². The Labute approximate surface area is 133 Å². The smallest absolute Gasteiger partial charge is 0.326 e. The average molecular weight is 326 g/mol. The molecule has 118 valence electrons. The van der Waals surface area contributed by atoms with Crippen molar-refractivity contribution in [1.29, 1.82) is 0 Å². The number of nitrogens with zero attached hydrogens (tertiary/aromatic N) is 1. The van der Waals surface area contributed by atoms with E-state index >= 15 is 0 Å². The van der Waals surface area contributed by atoms with Crippen LogP contribution in [0.5, 0.6) is 0 Å². The molecule has 1 aromatic carbocycles. The van der Waals surface area contributed by atoms with Crippen LogP contribution < -0.4 is 0 Å². The summed E-state index contributed by atoms with van der Waals surface area (Å²) >= 11 is 5.98. The van der Waals surface area contributed by atoms with Crippen LogP contribution in [0.15, 0.2) is 29.8 Å². The van der Waals surface area contributed by atoms with Gasteiger partial charge in [-0.25, -0.2) is 9.18 Å². The van der Waals surface area contributed by atoms with Crippen molar-refractivity contribution in [2.75, 3.05) is 0 Å². The molecule has 1 aromatic rings. The standard InChI is InChI=1S/C16H17ClFNO3/c1-10(16(21)22)19(15(20)11-5-2-3-6-11)9-12-13(17)7-4-8-14(12)18/h4-5,7-8,10H,2-3,6,9H2,1H3,(H,21,22). The maximum atomic E-state index is 13.9. The maximum Gasteiger partial charge on any atom is 0.326 e. The minimum Gasteiger partial charge on any atom is -0.480 e. The van der Waals surface area contributed by atoms with E-state index in [9.17, 15) is 19.1 Å². The lowest BCUT2D eigenvalue weighted by Gasteiger charge is -2.27. The van der Waals surface area contributed by atoms with E-state index in [1.165, 1.54) is 25.1 Å². The molecular formula is C16H17ClFNO3. The summed E-state index contributed by atoms with van der Waals surface area (Å²) in [6.45, 7) is 1.24. The van der Waals surface area contributed by atoms with Crippen molar-refractivity contribution >= 4 is 23.5 Å². The predicted octanol–water partition coefficient (Wildman–Crippen LogP) is 3.39. The highest BCUT2D eigenvalue weighted by molar-refractivity contribution is 6.31. The van der Waals surface area contributed by atoms with Crippen molar-refractivity contribution in [2.24, 2.45) is 0 Å². The van der Waals surface area contributed by atoms with Gasteiger partial charge in [-0.3, -0.25) is 4.79 Å². The molecule has 1 unspecified atom stereocenters. The molecule has 0 heterocycles. The van der Waals surface area contributed by atoms with Crippen molar-refractivity contribution < 1.29 is 19.1 Å². The molecule has 1 amide bonds. The Bertz CT molecular complexity index is 610. The summed E-state index contributed by atoms with van der Waals surface area (Å²) < 4.78 is 13.9. The molecule has 1 aliphatic carbocycles. The zero-order valence-corrected chi connectivity index (χ0v) is 12.9. The molecule has 1 aliphatic rings. The van der Waals surface area contributed by atoms with Crippen molar-refractivity contribution in [3.05, 3.63) is 46.3 Å². The van der Waals surface area contributed by atoms with Gasteiger partial charge in [-0.05, 0) is 38.3 Å². The average Bonchev–Trinajstić information content (AvgIpc) is 3.00. The Hall–Kier alpha value is -1.88. The molecule has 0 spiro atoms. The van der Waals surface area contributed by atoms with Gasteiger partial charge in [-0.2, -0.15) is 0 Å². The Morgan fingerprint density at radius 2 is 2.18 bits per heavy atom. The molecule has 0 fully saturated rings. The second kappa shape index (κ2) is 6.92. The third kappa shape index (κ3) is 3.47. The number of allylic oxidation sites excluding steroid dienone is 1. The first kappa shape index (κ1) is 16.5. The second-order valence-electron chi connectivity index (χ2n) is 5.27. The molecule has 0 saturated heterocycles. The van der Waals surface area contributed by atoms with Gasteiger partial charge in [0.25, 0.3) is 0 Å². The summed E-state index contributed by atoms with van der Waals surface area (Å²) in [6.07, 6.45) is 4.10. The number of hydrogen-bond donors (Lipinski definition) is 1. The molecular weight excluding hydrogens is 309 g/mol.